The van der Waals surface area contributed by atoms with E-state index in [2.05, 4.69) is 31.2 Å². The maximum atomic E-state index is 12.6. The van der Waals surface area contributed by atoms with E-state index < -0.39 is 5.41 Å². The number of carbonyl (C=O) groups excluding carboxylic acids is 1. The molecule has 120 valence electrons. The van der Waals surface area contributed by atoms with E-state index in [0.29, 0.717) is 13.1 Å². The lowest BCUT2D eigenvalue weighted by atomic mass is 9.81. The summed E-state index contributed by atoms with van der Waals surface area (Å²) in [6.45, 7) is 7.28. The monoisotopic (exact) mass is 312 g/mol. The van der Waals surface area contributed by atoms with E-state index in [1.54, 1.807) is 4.90 Å². The lowest BCUT2D eigenvalue weighted by Gasteiger charge is -2.33. The molecule has 0 heterocycles. The Labute approximate surface area is 135 Å². The van der Waals surface area contributed by atoms with Crippen LogP contribution < -0.4 is 5.73 Å². The van der Waals surface area contributed by atoms with Crippen LogP contribution in [0.25, 0.3) is 0 Å². The van der Waals surface area contributed by atoms with Crippen molar-refractivity contribution >= 4 is 18.3 Å². The van der Waals surface area contributed by atoms with Crippen molar-refractivity contribution in [2.75, 3.05) is 13.6 Å². The fourth-order valence-electron chi connectivity index (χ4n) is 2.56. The molecule has 1 rings (SSSR count). The quantitative estimate of drug-likeness (QED) is 0.839. The van der Waals surface area contributed by atoms with Gasteiger partial charge in [0, 0.05) is 20.1 Å². The van der Waals surface area contributed by atoms with Crippen LogP contribution in [0, 0.1) is 5.41 Å². The van der Waals surface area contributed by atoms with E-state index in [4.69, 9.17) is 5.73 Å². The number of hydrogen-bond donors (Lipinski definition) is 1. The topological polar surface area (TPSA) is 46.3 Å². The van der Waals surface area contributed by atoms with E-state index in [0.717, 1.165) is 24.8 Å². The van der Waals surface area contributed by atoms with Crippen LogP contribution in [-0.2, 0) is 17.8 Å². The zero-order valence-electron chi connectivity index (χ0n) is 13.7. The molecule has 0 aromatic heterocycles. The molecule has 3 nitrogen and oxygen atoms in total. The Morgan fingerprint density at radius 3 is 1.95 bits per heavy atom. The highest BCUT2D eigenvalue weighted by Crippen LogP contribution is 2.27. The minimum atomic E-state index is -0.405. The molecule has 1 aromatic rings. The van der Waals surface area contributed by atoms with Crippen molar-refractivity contribution in [3.63, 3.8) is 0 Å². The smallest absolute Gasteiger partial charge is 0.230 e. The molecule has 0 fully saturated rings. The standard InChI is InChI=1S/C17H28N2O.ClH/c1-5-14-8-10-15(11-9-14)12-19(4)16(20)17(6-2,7-3)13-18;/h8-11H,5-7,12-13,18H2,1-4H3;1H. The van der Waals surface area contributed by atoms with Gasteiger partial charge in [0.15, 0.2) is 0 Å². The number of halogens is 1. The molecule has 0 aliphatic rings. The van der Waals surface area contributed by atoms with Gasteiger partial charge >= 0.3 is 0 Å². The van der Waals surface area contributed by atoms with E-state index >= 15 is 0 Å². The fourth-order valence-corrected chi connectivity index (χ4v) is 2.56. The molecule has 2 N–H and O–H groups in total. The lowest BCUT2D eigenvalue weighted by Crippen LogP contribution is -2.45. The van der Waals surface area contributed by atoms with Crippen molar-refractivity contribution in [2.45, 2.75) is 46.6 Å². The van der Waals surface area contributed by atoms with Crippen molar-refractivity contribution in [3.05, 3.63) is 35.4 Å². The third-order valence-electron chi connectivity index (χ3n) is 4.40. The Morgan fingerprint density at radius 2 is 1.57 bits per heavy atom. The van der Waals surface area contributed by atoms with Gasteiger partial charge in [-0.3, -0.25) is 4.79 Å². The van der Waals surface area contributed by atoms with E-state index in [1.165, 1.54) is 5.56 Å². The van der Waals surface area contributed by atoms with Crippen LogP contribution in [0.2, 0.25) is 0 Å². The number of hydrogen-bond acceptors (Lipinski definition) is 2. The third kappa shape index (κ3) is 4.72. The van der Waals surface area contributed by atoms with Crippen LogP contribution in [0.15, 0.2) is 24.3 Å². The zero-order chi connectivity index (χ0) is 15.2. The number of aryl methyl sites for hydroxylation is 1. The molecule has 4 heteroatoms. The summed E-state index contributed by atoms with van der Waals surface area (Å²) in [5.74, 6) is 0.157. The maximum Gasteiger partial charge on any atom is 0.230 e. The summed E-state index contributed by atoms with van der Waals surface area (Å²) in [5.41, 5.74) is 7.93. The first-order chi connectivity index (χ1) is 9.52. The molecule has 1 amide bonds. The molecule has 0 saturated carbocycles. The Hall–Kier alpha value is -1.06. The van der Waals surface area contributed by atoms with E-state index in [-0.39, 0.29) is 18.3 Å². The fraction of sp³-hybridized carbons (Fsp3) is 0.588. The minimum Gasteiger partial charge on any atom is -0.341 e. The molecular weight excluding hydrogens is 284 g/mol. The summed E-state index contributed by atoms with van der Waals surface area (Å²) in [4.78, 5) is 14.4. The summed E-state index contributed by atoms with van der Waals surface area (Å²) in [7, 11) is 1.87. The molecule has 1 aromatic carbocycles. The average molecular weight is 313 g/mol. The van der Waals surface area contributed by atoms with Gasteiger partial charge in [0.05, 0.1) is 5.41 Å². The van der Waals surface area contributed by atoms with E-state index in [9.17, 15) is 4.79 Å². The van der Waals surface area contributed by atoms with Crippen molar-refractivity contribution in [3.8, 4) is 0 Å². The van der Waals surface area contributed by atoms with Crippen molar-refractivity contribution in [1.29, 1.82) is 0 Å². The second kappa shape index (κ2) is 9.06. The second-order valence-electron chi connectivity index (χ2n) is 5.52. The average Bonchev–Trinajstić information content (AvgIpc) is 2.50. The van der Waals surface area contributed by atoms with Gasteiger partial charge in [-0.05, 0) is 30.4 Å². The highest BCUT2D eigenvalue weighted by Gasteiger charge is 2.35. The maximum absolute atomic E-state index is 12.6. The predicted molar refractivity (Wildman–Crippen MR) is 91.6 cm³/mol. The van der Waals surface area contributed by atoms with Crippen LogP contribution in [-0.4, -0.2) is 24.4 Å². The highest BCUT2D eigenvalue weighted by atomic mass is 35.5. The normalized spacial score (nSPS) is 10.9. The van der Waals surface area contributed by atoms with Crippen LogP contribution in [0.4, 0.5) is 0 Å². The van der Waals surface area contributed by atoms with Gasteiger partial charge in [0.25, 0.3) is 0 Å². The molecule has 0 unspecified atom stereocenters. The molecule has 0 atom stereocenters. The van der Waals surface area contributed by atoms with Crippen LogP contribution in [0.1, 0.15) is 44.7 Å². The summed E-state index contributed by atoms with van der Waals surface area (Å²) in [5, 5.41) is 0. The zero-order valence-corrected chi connectivity index (χ0v) is 14.5. The summed E-state index contributed by atoms with van der Waals surface area (Å²) < 4.78 is 0. The molecule has 0 saturated heterocycles. The first kappa shape index (κ1) is 19.9. The minimum absolute atomic E-state index is 0. The van der Waals surface area contributed by atoms with Crippen LogP contribution in [0.5, 0.6) is 0 Å². The highest BCUT2D eigenvalue weighted by molar-refractivity contribution is 5.85. The summed E-state index contributed by atoms with van der Waals surface area (Å²) in [6.07, 6.45) is 2.62. The number of nitrogens with two attached hydrogens (primary N) is 1. The van der Waals surface area contributed by atoms with Crippen LogP contribution >= 0.6 is 12.4 Å². The number of amides is 1. The SMILES string of the molecule is CCc1ccc(CN(C)C(=O)C(CC)(CC)CN)cc1.Cl. The third-order valence-corrected chi connectivity index (χ3v) is 4.40. The van der Waals surface area contributed by atoms with E-state index in [1.807, 2.05) is 20.9 Å². The molecular formula is C17H29ClN2O. The molecule has 21 heavy (non-hydrogen) atoms. The Morgan fingerprint density at radius 1 is 1.10 bits per heavy atom. The van der Waals surface area contributed by atoms with Gasteiger partial charge in [0.1, 0.15) is 0 Å². The van der Waals surface area contributed by atoms with Gasteiger partial charge in [-0.25, -0.2) is 0 Å². The number of benzene rings is 1. The van der Waals surface area contributed by atoms with Gasteiger partial charge in [-0.1, -0.05) is 45.0 Å². The first-order valence-corrected chi connectivity index (χ1v) is 7.56. The number of rotatable bonds is 7. The van der Waals surface area contributed by atoms with Gasteiger partial charge in [0.2, 0.25) is 5.91 Å². The van der Waals surface area contributed by atoms with Gasteiger partial charge < -0.3 is 10.6 Å². The van der Waals surface area contributed by atoms with Crippen molar-refractivity contribution < 1.29 is 4.79 Å². The van der Waals surface area contributed by atoms with Gasteiger partial charge in [-0.2, -0.15) is 0 Å². The predicted octanol–water partition coefficient (Wildman–Crippen LogP) is 3.39. The van der Waals surface area contributed by atoms with Crippen LogP contribution in [0.3, 0.4) is 0 Å². The molecule has 0 aliphatic carbocycles. The molecule has 0 radical (unpaired) electrons. The molecule has 0 spiro atoms. The number of nitrogens with zero attached hydrogens (tertiary/aromatic N) is 1. The Balaban J connectivity index is 0.00000400. The molecule has 0 bridgehead atoms. The number of carbonyl (C=O) groups is 1. The molecule has 0 aliphatic heterocycles. The summed E-state index contributed by atoms with van der Waals surface area (Å²) >= 11 is 0. The second-order valence-corrected chi connectivity index (χ2v) is 5.52. The Kier molecular flexibility index (Phi) is 8.60. The summed E-state index contributed by atoms with van der Waals surface area (Å²) in [6, 6.07) is 8.46. The van der Waals surface area contributed by atoms with Crippen molar-refractivity contribution in [2.24, 2.45) is 11.1 Å². The van der Waals surface area contributed by atoms with Gasteiger partial charge in [-0.15, -0.1) is 12.4 Å². The lowest BCUT2D eigenvalue weighted by molar-refractivity contribution is -0.141. The largest absolute Gasteiger partial charge is 0.341 e. The van der Waals surface area contributed by atoms with Crippen molar-refractivity contribution in [1.82, 2.24) is 4.90 Å². The Bertz CT molecular complexity index is 419. The first-order valence-electron chi connectivity index (χ1n) is 7.56.